The van der Waals surface area contributed by atoms with Gasteiger partial charge >= 0.3 is 0 Å². The highest BCUT2D eigenvalue weighted by Crippen LogP contribution is 2.24. The second-order valence-electron chi connectivity index (χ2n) is 5.52. The van der Waals surface area contributed by atoms with Crippen molar-refractivity contribution >= 4 is 5.95 Å². The molecule has 1 aromatic carbocycles. The molecular weight excluding hydrogens is 276 g/mol. The van der Waals surface area contributed by atoms with Crippen LogP contribution in [0.2, 0.25) is 0 Å². The van der Waals surface area contributed by atoms with Gasteiger partial charge in [-0.15, -0.1) is 0 Å². The first-order valence-electron chi connectivity index (χ1n) is 7.72. The van der Waals surface area contributed by atoms with Gasteiger partial charge in [0.05, 0.1) is 12.8 Å². The Morgan fingerprint density at radius 2 is 2.05 bits per heavy atom. The summed E-state index contributed by atoms with van der Waals surface area (Å²) in [5, 5.41) is 3.41. The van der Waals surface area contributed by atoms with E-state index in [0.29, 0.717) is 0 Å². The lowest BCUT2D eigenvalue weighted by Crippen LogP contribution is -2.29. The van der Waals surface area contributed by atoms with Crippen LogP contribution in [0.25, 0.3) is 11.3 Å². The maximum Gasteiger partial charge on any atom is 0.226 e. The second-order valence-corrected chi connectivity index (χ2v) is 5.52. The van der Waals surface area contributed by atoms with Crippen LogP contribution in [0, 0.1) is 6.92 Å². The number of benzene rings is 1. The minimum absolute atomic E-state index is 0.821. The average molecular weight is 298 g/mol. The minimum atomic E-state index is 0.821. The van der Waals surface area contributed by atoms with Gasteiger partial charge in [0.1, 0.15) is 5.75 Å². The molecule has 1 aliphatic rings. The number of ether oxygens (including phenoxy) is 1. The number of methoxy groups -OCH3 is 1. The SMILES string of the molecule is COc1cccc(-c2cc(C)nc(N3CCCNCC3)n2)c1. The van der Waals surface area contributed by atoms with Crippen molar-refractivity contribution in [1.29, 1.82) is 0 Å². The minimum Gasteiger partial charge on any atom is -0.497 e. The van der Waals surface area contributed by atoms with E-state index in [9.17, 15) is 0 Å². The molecule has 22 heavy (non-hydrogen) atoms. The zero-order chi connectivity index (χ0) is 15.4. The number of hydrogen-bond donors (Lipinski definition) is 1. The van der Waals surface area contributed by atoms with E-state index in [1.54, 1.807) is 7.11 Å². The lowest BCUT2D eigenvalue weighted by atomic mass is 10.1. The zero-order valence-electron chi connectivity index (χ0n) is 13.2. The Morgan fingerprint density at radius 3 is 2.91 bits per heavy atom. The van der Waals surface area contributed by atoms with Crippen molar-refractivity contribution < 1.29 is 4.74 Å². The molecule has 0 spiro atoms. The summed E-state index contributed by atoms with van der Waals surface area (Å²) in [5.74, 6) is 1.66. The van der Waals surface area contributed by atoms with E-state index < -0.39 is 0 Å². The molecule has 3 rings (SSSR count). The predicted molar refractivity (Wildman–Crippen MR) is 88.5 cm³/mol. The third-order valence-corrected chi connectivity index (χ3v) is 3.83. The molecule has 0 bridgehead atoms. The Balaban J connectivity index is 1.94. The van der Waals surface area contributed by atoms with Crippen LogP contribution in [-0.2, 0) is 0 Å². The van der Waals surface area contributed by atoms with Gasteiger partial charge in [0.15, 0.2) is 0 Å². The summed E-state index contributed by atoms with van der Waals surface area (Å²) in [6.07, 6.45) is 1.12. The van der Waals surface area contributed by atoms with E-state index >= 15 is 0 Å². The summed E-state index contributed by atoms with van der Waals surface area (Å²) in [6.45, 7) is 6.00. The fourth-order valence-electron chi connectivity index (χ4n) is 2.67. The highest BCUT2D eigenvalue weighted by atomic mass is 16.5. The molecular formula is C17H22N4O. The number of anilines is 1. The lowest BCUT2D eigenvalue weighted by molar-refractivity contribution is 0.415. The van der Waals surface area contributed by atoms with Crippen molar-refractivity contribution in [3.8, 4) is 17.0 Å². The average Bonchev–Trinajstić information content (AvgIpc) is 2.83. The molecule has 1 aliphatic heterocycles. The van der Waals surface area contributed by atoms with Gasteiger partial charge in [0.2, 0.25) is 5.95 Å². The molecule has 1 fully saturated rings. The number of nitrogens with one attached hydrogen (secondary N) is 1. The van der Waals surface area contributed by atoms with E-state index in [4.69, 9.17) is 9.72 Å². The summed E-state index contributed by atoms with van der Waals surface area (Å²) < 4.78 is 5.31. The largest absolute Gasteiger partial charge is 0.497 e. The van der Waals surface area contributed by atoms with Gasteiger partial charge in [-0.05, 0) is 38.1 Å². The van der Waals surface area contributed by atoms with E-state index in [2.05, 4.69) is 21.3 Å². The van der Waals surface area contributed by atoms with Crippen LogP contribution >= 0.6 is 0 Å². The van der Waals surface area contributed by atoms with E-state index in [-0.39, 0.29) is 0 Å². The molecule has 5 nitrogen and oxygen atoms in total. The van der Waals surface area contributed by atoms with Crippen molar-refractivity contribution in [2.45, 2.75) is 13.3 Å². The highest BCUT2D eigenvalue weighted by Gasteiger charge is 2.14. The van der Waals surface area contributed by atoms with E-state index in [1.165, 1.54) is 0 Å². The normalized spacial score (nSPS) is 15.5. The monoisotopic (exact) mass is 298 g/mol. The quantitative estimate of drug-likeness (QED) is 0.942. The van der Waals surface area contributed by atoms with Crippen LogP contribution in [0.15, 0.2) is 30.3 Å². The number of hydrogen-bond acceptors (Lipinski definition) is 5. The van der Waals surface area contributed by atoms with Crippen LogP contribution in [0.3, 0.4) is 0 Å². The standard InChI is InChI=1S/C17H22N4O/c1-13-11-16(14-5-3-6-15(12-14)22-2)20-17(19-13)21-9-4-7-18-8-10-21/h3,5-6,11-12,18H,4,7-10H2,1-2H3. The van der Waals surface area contributed by atoms with Gasteiger partial charge in [0, 0.05) is 30.9 Å². The summed E-state index contributed by atoms with van der Waals surface area (Å²) in [7, 11) is 1.68. The van der Waals surface area contributed by atoms with Crippen LogP contribution in [0.5, 0.6) is 5.75 Å². The van der Waals surface area contributed by atoms with E-state index in [1.807, 2.05) is 31.2 Å². The van der Waals surface area contributed by atoms with E-state index in [0.717, 1.165) is 61.2 Å². The molecule has 116 valence electrons. The van der Waals surface area contributed by atoms with Gasteiger partial charge in [-0.3, -0.25) is 0 Å². The molecule has 0 amide bonds. The molecule has 0 aliphatic carbocycles. The Bertz CT molecular complexity index is 636. The van der Waals surface area contributed by atoms with Crippen molar-refractivity contribution in [3.05, 3.63) is 36.0 Å². The molecule has 0 unspecified atom stereocenters. The first kappa shape index (κ1) is 14.8. The van der Waals surface area contributed by atoms with Crippen LogP contribution in [0.4, 0.5) is 5.95 Å². The van der Waals surface area contributed by atoms with Crippen molar-refractivity contribution in [3.63, 3.8) is 0 Å². The molecule has 2 heterocycles. The summed E-state index contributed by atoms with van der Waals surface area (Å²) in [4.78, 5) is 11.7. The summed E-state index contributed by atoms with van der Waals surface area (Å²) in [6, 6.07) is 10.0. The Labute approximate surface area is 131 Å². The van der Waals surface area contributed by atoms with Gasteiger partial charge in [-0.2, -0.15) is 0 Å². The molecule has 1 saturated heterocycles. The molecule has 1 N–H and O–H groups in total. The summed E-state index contributed by atoms with van der Waals surface area (Å²) in [5.41, 5.74) is 2.98. The number of aryl methyl sites for hydroxylation is 1. The molecule has 0 radical (unpaired) electrons. The Morgan fingerprint density at radius 1 is 1.14 bits per heavy atom. The maximum absolute atomic E-state index is 5.31. The molecule has 0 saturated carbocycles. The summed E-state index contributed by atoms with van der Waals surface area (Å²) >= 11 is 0. The molecule has 0 atom stereocenters. The second kappa shape index (κ2) is 6.75. The topological polar surface area (TPSA) is 50.3 Å². The Hall–Kier alpha value is -2.14. The first-order valence-corrected chi connectivity index (χ1v) is 7.72. The predicted octanol–water partition coefficient (Wildman–Crippen LogP) is 2.26. The highest BCUT2D eigenvalue weighted by molar-refractivity contribution is 5.63. The molecule has 5 heteroatoms. The van der Waals surface area contributed by atoms with Crippen LogP contribution < -0.4 is 15.0 Å². The third-order valence-electron chi connectivity index (χ3n) is 3.83. The van der Waals surface area contributed by atoms with Gasteiger partial charge in [-0.1, -0.05) is 12.1 Å². The number of rotatable bonds is 3. The fraction of sp³-hybridized carbons (Fsp3) is 0.412. The molecule has 2 aromatic rings. The zero-order valence-corrected chi connectivity index (χ0v) is 13.2. The van der Waals surface area contributed by atoms with Crippen LogP contribution in [0.1, 0.15) is 12.1 Å². The number of nitrogens with zero attached hydrogens (tertiary/aromatic N) is 3. The van der Waals surface area contributed by atoms with Crippen LogP contribution in [-0.4, -0.2) is 43.3 Å². The van der Waals surface area contributed by atoms with Gasteiger partial charge in [-0.25, -0.2) is 9.97 Å². The van der Waals surface area contributed by atoms with Crippen molar-refractivity contribution in [2.24, 2.45) is 0 Å². The fourth-order valence-corrected chi connectivity index (χ4v) is 2.67. The Kier molecular flexibility index (Phi) is 4.53. The molecule has 1 aromatic heterocycles. The van der Waals surface area contributed by atoms with Gasteiger partial charge < -0.3 is 15.0 Å². The van der Waals surface area contributed by atoms with Crippen molar-refractivity contribution in [2.75, 3.05) is 38.2 Å². The first-order chi connectivity index (χ1) is 10.8. The maximum atomic E-state index is 5.31. The third kappa shape index (κ3) is 3.36. The van der Waals surface area contributed by atoms with Gasteiger partial charge in [0.25, 0.3) is 0 Å². The lowest BCUT2D eigenvalue weighted by Gasteiger charge is -2.20. The number of aromatic nitrogens is 2. The van der Waals surface area contributed by atoms with Crippen molar-refractivity contribution in [1.82, 2.24) is 15.3 Å². The smallest absolute Gasteiger partial charge is 0.226 e.